The molecule has 0 bridgehead atoms. The van der Waals surface area contributed by atoms with Crippen molar-refractivity contribution in [3.05, 3.63) is 28.8 Å². The molecule has 0 amide bonds. The number of hydrogen-bond acceptors (Lipinski definition) is 2. The summed E-state index contributed by atoms with van der Waals surface area (Å²) in [4.78, 5) is 0. The van der Waals surface area contributed by atoms with Crippen molar-refractivity contribution in [1.82, 2.24) is 0 Å². The summed E-state index contributed by atoms with van der Waals surface area (Å²) in [5, 5.41) is 10.3. The second-order valence-corrected chi connectivity index (χ2v) is 4.59. The standard InChI is InChI=1S/C12H17ClO2/c1-4-15-11-6-5-9(7-10(11)13)8-12(2,3)14/h5-7,14H,4,8H2,1-3H3. The number of ether oxygens (including phenoxy) is 1. The Balaban J connectivity index is 2.82. The van der Waals surface area contributed by atoms with Gasteiger partial charge in [-0.3, -0.25) is 0 Å². The molecule has 0 aromatic heterocycles. The zero-order valence-electron chi connectivity index (χ0n) is 9.38. The lowest BCUT2D eigenvalue weighted by Gasteiger charge is -2.17. The summed E-state index contributed by atoms with van der Waals surface area (Å²) in [5.41, 5.74) is 0.298. The fraction of sp³-hybridized carbons (Fsp3) is 0.500. The van der Waals surface area contributed by atoms with E-state index in [1.165, 1.54) is 0 Å². The van der Waals surface area contributed by atoms with Crippen LogP contribution in [0.3, 0.4) is 0 Å². The van der Waals surface area contributed by atoms with E-state index < -0.39 is 5.60 Å². The molecular weight excluding hydrogens is 212 g/mol. The average Bonchev–Trinajstić information content (AvgIpc) is 2.07. The van der Waals surface area contributed by atoms with Gasteiger partial charge in [-0.05, 0) is 38.5 Å². The van der Waals surface area contributed by atoms with Crippen molar-refractivity contribution < 1.29 is 9.84 Å². The smallest absolute Gasteiger partial charge is 0.137 e. The Labute approximate surface area is 95.8 Å². The third-order valence-corrected chi connectivity index (χ3v) is 2.23. The van der Waals surface area contributed by atoms with Crippen molar-refractivity contribution >= 4 is 11.6 Å². The molecule has 0 aliphatic carbocycles. The van der Waals surface area contributed by atoms with Crippen LogP contribution in [0.1, 0.15) is 26.3 Å². The number of hydrogen-bond donors (Lipinski definition) is 1. The molecule has 2 nitrogen and oxygen atoms in total. The summed E-state index contributed by atoms with van der Waals surface area (Å²) in [7, 11) is 0. The number of aliphatic hydroxyl groups is 1. The highest BCUT2D eigenvalue weighted by Gasteiger charge is 2.14. The van der Waals surface area contributed by atoms with Gasteiger partial charge in [0.2, 0.25) is 0 Å². The maximum absolute atomic E-state index is 9.66. The van der Waals surface area contributed by atoms with E-state index in [0.29, 0.717) is 23.8 Å². The van der Waals surface area contributed by atoms with Crippen molar-refractivity contribution in [2.75, 3.05) is 6.61 Å². The molecular formula is C12H17ClO2. The van der Waals surface area contributed by atoms with E-state index in [2.05, 4.69) is 0 Å². The monoisotopic (exact) mass is 228 g/mol. The van der Waals surface area contributed by atoms with E-state index >= 15 is 0 Å². The molecule has 0 fully saturated rings. The lowest BCUT2D eigenvalue weighted by molar-refractivity contribution is 0.0810. The molecule has 15 heavy (non-hydrogen) atoms. The lowest BCUT2D eigenvalue weighted by Crippen LogP contribution is -2.21. The summed E-state index contributed by atoms with van der Waals surface area (Å²) >= 11 is 6.03. The third kappa shape index (κ3) is 4.10. The van der Waals surface area contributed by atoms with Gasteiger partial charge in [0.1, 0.15) is 5.75 Å². The topological polar surface area (TPSA) is 29.5 Å². The Hall–Kier alpha value is -0.730. The summed E-state index contributed by atoms with van der Waals surface area (Å²) in [6, 6.07) is 5.60. The van der Waals surface area contributed by atoms with Crippen LogP contribution in [-0.2, 0) is 6.42 Å². The van der Waals surface area contributed by atoms with Crippen LogP contribution in [0.4, 0.5) is 0 Å². The lowest BCUT2D eigenvalue weighted by atomic mass is 9.99. The molecule has 0 unspecified atom stereocenters. The second-order valence-electron chi connectivity index (χ2n) is 4.19. The Bertz CT molecular complexity index is 329. The predicted octanol–water partition coefficient (Wildman–Crippen LogP) is 3.05. The van der Waals surface area contributed by atoms with Crippen LogP contribution in [0, 0.1) is 0 Å². The van der Waals surface area contributed by atoms with Gasteiger partial charge < -0.3 is 9.84 Å². The van der Waals surface area contributed by atoms with Crippen molar-refractivity contribution in [3.8, 4) is 5.75 Å². The van der Waals surface area contributed by atoms with Crippen molar-refractivity contribution in [3.63, 3.8) is 0 Å². The highest BCUT2D eigenvalue weighted by molar-refractivity contribution is 6.32. The molecule has 0 radical (unpaired) electrons. The summed E-state index contributed by atoms with van der Waals surface area (Å²) in [5.74, 6) is 0.693. The van der Waals surface area contributed by atoms with Crippen LogP contribution >= 0.6 is 11.6 Å². The van der Waals surface area contributed by atoms with E-state index in [0.717, 1.165) is 5.56 Å². The van der Waals surface area contributed by atoms with Crippen LogP contribution in [0.15, 0.2) is 18.2 Å². The van der Waals surface area contributed by atoms with E-state index in [1.54, 1.807) is 13.8 Å². The van der Waals surface area contributed by atoms with Gasteiger partial charge in [0.15, 0.2) is 0 Å². The Morgan fingerprint density at radius 1 is 1.40 bits per heavy atom. The minimum atomic E-state index is -0.712. The molecule has 84 valence electrons. The van der Waals surface area contributed by atoms with Gasteiger partial charge in [0.05, 0.1) is 17.2 Å². The first-order chi connectivity index (χ1) is 6.92. The largest absolute Gasteiger partial charge is 0.492 e. The minimum Gasteiger partial charge on any atom is -0.492 e. The SMILES string of the molecule is CCOc1ccc(CC(C)(C)O)cc1Cl. The van der Waals surface area contributed by atoms with Crippen molar-refractivity contribution in [2.45, 2.75) is 32.8 Å². The molecule has 0 atom stereocenters. The van der Waals surface area contributed by atoms with Crippen LogP contribution in [0.2, 0.25) is 5.02 Å². The molecule has 0 saturated heterocycles. The second kappa shape index (κ2) is 4.86. The van der Waals surface area contributed by atoms with Gasteiger partial charge in [-0.15, -0.1) is 0 Å². The minimum absolute atomic E-state index is 0.582. The maximum Gasteiger partial charge on any atom is 0.137 e. The molecule has 0 aliphatic heterocycles. The summed E-state index contributed by atoms with van der Waals surface area (Å²) < 4.78 is 5.33. The van der Waals surface area contributed by atoms with Gasteiger partial charge >= 0.3 is 0 Å². The predicted molar refractivity (Wildman–Crippen MR) is 62.6 cm³/mol. The molecule has 0 spiro atoms. The normalized spacial score (nSPS) is 11.5. The summed E-state index contributed by atoms with van der Waals surface area (Å²) in [6.45, 7) is 6.07. The van der Waals surface area contributed by atoms with Gasteiger partial charge in [0, 0.05) is 6.42 Å². The third-order valence-electron chi connectivity index (χ3n) is 1.93. The fourth-order valence-corrected chi connectivity index (χ4v) is 1.68. The molecule has 3 heteroatoms. The average molecular weight is 229 g/mol. The van der Waals surface area contributed by atoms with Crippen LogP contribution in [0.25, 0.3) is 0 Å². The van der Waals surface area contributed by atoms with Crippen LogP contribution < -0.4 is 4.74 Å². The van der Waals surface area contributed by atoms with E-state index in [4.69, 9.17) is 16.3 Å². The molecule has 0 heterocycles. The highest BCUT2D eigenvalue weighted by Crippen LogP contribution is 2.26. The van der Waals surface area contributed by atoms with Crippen molar-refractivity contribution in [2.24, 2.45) is 0 Å². The highest BCUT2D eigenvalue weighted by atomic mass is 35.5. The van der Waals surface area contributed by atoms with E-state index in [-0.39, 0.29) is 0 Å². The first-order valence-electron chi connectivity index (χ1n) is 5.06. The van der Waals surface area contributed by atoms with Crippen molar-refractivity contribution in [1.29, 1.82) is 0 Å². The number of benzene rings is 1. The van der Waals surface area contributed by atoms with Gasteiger partial charge in [-0.25, -0.2) is 0 Å². The molecule has 1 N–H and O–H groups in total. The number of halogens is 1. The van der Waals surface area contributed by atoms with Crippen LogP contribution in [-0.4, -0.2) is 17.3 Å². The van der Waals surface area contributed by atoms with E-state index in [9.17, 15) is 5.11 Å². The van der Waals surface area contributed by atoms with Gasteiger partial charge in [-0.1, -0.05) is 17.7 Å². The quantitative estimate of drug-likeness (QED) is 0.859. The molecule has 0 saturated carbocycles. The first kappa shape index (κ1) is 12.3. The van der Waals surface area contributed by atoms with Gasteiger partial charge in [-0.2, -0.15) is 0 Å². The Morgan fingerprint density at radius 2 is 2.07 bits per heavy atom. The Kier molecular flexibility index (Phi) is 4.00. The summed E-state index contributed by atoms with van der Waals surface area (Å²) in [6.07, 6.45) is 0.582. The van der Waals surface area contributed by atoms with Crippen LogP contribution in [0.5, 0.6) is 5.75 Å². The zero-order chi connectivity index (χ0) is 11.5. The van der Waals surface area contributed by atoms with E-state index in [1.807, 2.05) is 25.1 Å². The number of rotatable bonds is 4. The molecule has 1 aromatic rings. The zero-order valence-corrected chi connectivity index (χ0v) is 10.1. The first-order valence-corrected chi connectivity index (χ1v) is 5.44. The van der Waals surface area contributed by atoms with Gasteiger partial charge in [0.25, 0.3) is 0 Å². The fourth-order valence-electron chi connectivity index (χ4n) is 1.43. The maximum atomic E-state index is 9.66. The molecule has 1 rings (SSSR count). The molecule has 1 aromatic carbocycles. The Morgan fingerprint density at radius 3 is 2.53 bits per heavy atom. The molecule has 0 aliphatic rings.